The largest absolute Gasteiger partial charge is 0.421 e. The lowest BCUT2D eigenvalue weighted by molar-refractivity contribution is -0.156. The Bertz CT molecular complexity index is 1200. The molecule has 5 rings (SSSR count). The van der Waals surface area contributed by atoms with Crippen LogP contribution in [0.2, 0.25) is 0 Å². The van der Waals surface area contributed by atoms with Crippen molar-refractivity contribution in [2.75, 3.05) is 55.3 Å². The van der Waals surface area contributed by atoms with Gasteiger partial charge in [0.1, 0.15) is 11.4 Å². The van der Waals surface area contributed by atoms with Gasteiger partial charge in [-0.25, -0.2) is 4.98 Å². The SMILES string of the molecule is CCc1cc(N2C[C@H]3CC[C@@H](C2)N3C)ccc1Nc1ncc(C(F)(F)F)c(NCCCN2CC(C)(C)C2=O)n1. The number of piperazine rings is 1. The normalized spacial score (nSPS) is 22.7. The van der Waals surface area contributed by atoms with Crippen molar-refractivity contribution in [2.45, 2.75) is 64.7 Å². The van der Waals surface area contributed by atoms with Crippen LogP contribution in [0.4, 0.5) is 36.3 Å². The molecule has 0 saturated carbocycles. The van der Waals surface area contributed by atoms with E-state index in [1.165, 1.54) is 18.5 Å². The number of anilines is 4. The van der Waals surface area contributed by atoms with E-state index >= 15 is 0 Å². The first kappa shape index (κ1) is 27.5. The molecule has 3 saturated heterocycles. The van der Waals surface area contributed by atoms with Gasteiger partial charge in [0.25, 0.3) is 0 Å². The van der Waals surface area contributed by atoms with Gasteiger partial charge in [0.05, 0.1) is 5.41 Å². The number of likely N-dealkylation sites (N-methyl/N-ethyl adjacent to an activating group) is 1. The Morgan fingerprint density at radius 3 is 2.49 bits per heavy atom. The van der Waals surface area contributed by atoms with Gasteiger partial charge >= 0.3 is 6.18 Å². The molecule has 0 unspecified atom stereocenters. The van der Waals surface area contributed by atoms with Crippen LogP contribution in [0.25, 0.3) is 0 Å². The van der Waals surface area contributed by atoms with E-state index in [4.69, 9.17) is 0 Å². The number of alkyl halides is 3. The highest BCUT2D eigenvalue weighted by molar-refractivity contribution is 5.87. The highest BCUT2D eigenvalue weighted by atomic mass is 19.4. The monoisotopic (exact) mass is 545 g/mol. The summed E-state index contributed by atoms with van der Waals surface area (Å²) in [5.41, 5.74) is 1.75. The molecule has 0 radical (unpaired) electrons. The fraction of sp³-hybridized carbons (Fsp3) is 0.607. The number of amides is 1. The summed E-state index contributed by atoms with van der Waals surface area (Å²) in [7, 11) is 2.21. The fourth-order valence-corrected chi connectivity index (χ4v) is 6.03. The molecule has 2 aromatic rings. The summed E-state index contributed by atoms with van der Waals surface area (Å²) in [6.45, 7) is 9.26. The summed E-state index contributed by atoms with van der Waals surface area (Å²) >= 11 is 0. The molecule has 2 N–H and O–H groups in total. The van der Waals surface area contributed by atoms with Crippen LogP contribution >= 0.6 is 0 Å². The van der Waals surface area contributed by atoms with Crippen LogP contribution in [0.1, 0.15) is 51.2 Å². The Morgan fingerprint density at radius 2 is 1.87 bits per heavy atom. The van der Waals surface area contributed by atoms with Gasteiger partial charge in [0.15, 0.2) is 0 Å². The van der Waals surface area contributed by atoms with Crippen LogP contribution in [-0.2, 0) is 17.4 Å². The predicted octanol–water partition coefficient (Wildman–Crippen LogP) is 4.75. The van der Waals surface area contributed by atoms with Crippen LogP contribution in [0, 0.1) is 5.41 Å². The van der Waals surface area contributed by atoms with Gasteiger partial charge in [0.2, 0.25) is 11.9 Å². The van der Waals surface area contributed by atoms with Crippen molar-refractivity contribution < 1.29 is 18.0 Å². The van der Waals surface area contributed by atoms with Crippen LogP contribution in [0.5, 0.6) is 0 Å². The maximum absolute atomic E-state index is 13.7. The van der Waals surface area contributed by atoms with Gasteiger partial charge in [-0.15, -0.1) is 0 Å². The van der Waals surface area contributed by atoms with E-state index in [9.17, 15) is 18.0 Å². The van der Waals surface area contributed by atoms with Gasteiger partial charge in [-0.05, 0) is 70.3 Å². The third kappa shape index (κ3) is 5.64. The number of nitrogens with zero attached hydrogens (tertiary/aromatic N) is 5. The first-order valence-electron chi connectivity index (χ1n) is 13.8. The summed E-state index contributed by atoms with van der Waals surface area (Å²) < 4.78 is 41.0. The molecule has 0 spiro atoms. The minimum Gasteiger partial charge on any atom is -0.369 e. The van der Waals surface area contributed by atoms with Crippen molar-refractivity contribution >= 4 is 29.0 Å². The minimum atomic E-state index is -4.59. The first-order valence-corrected chi connectivity index (χ1v) is 13.8. The first-order chi connectivity index (χ1) is 18.5. The third-order valence-corrected chi connectivity index (χ3v) is 8.37. The topological polar surface area (TPSA) is 76.6 Å². The third-order valence-electron chi connectivity index (χ3n) is 8.37. The minimum absolute atomic E-state index is 0.0738. The maximum Gasteiger partial charge on any atom is 0.421 e. The van der Waals surface area contributed by atoms with Crippen molar-refractivity contribution in [1.29, 1.82) is 0 Å². The second-order valence-corrected chi connectivity index (χ2v) is 11.6. The molecule has 3 fully saturated rings. The number of rotatable bonds is 9. The van der Waals surface area contributed by atoms with Crippen molar-refractivity contribution in [2.24, 2.45) is 5.41 Å². The number of β-lactam (4-membered cyclic amide) rings is 1. The van der Waals surface area contributed by atoms with Gasteiger partial charge < -0.3 is 20.4 Å². The van der Waals surface area contributed by atoms with E-state index in [2.05, 4.69) is 56.5 Å². The molecular weight excluding hydrogens is 507 g/mol. The number of halogens is 3. The van der Waals surface area contributed by atoms with Gasteiger partial charge in [-0.1, -0.05) is 6.92 Å². The Labute approximate surface area is 228 Å². The highest BCUT2D eigenvalue weighted by Gasteiger charge is 2.43. The van der Waals surface area contributed by atoms with Crippen LogP contribution < -0.4 is 15.5 Å². The summed E-state index contributed by atoms with van der Waals surface area (Å²) in [5, 5.41) is 5.97. The molecule has 3 aliphatic rings. The standard InChI is InChI=1S/C28H38F3N7O/c1-5-18-13-19(38-15-20-7-8-21(16-38)36(20)4)9-10-23(18)34-26-33-14-22(28(29,30)31)24(35-26)32-11-6-12-37-17-27(2,3)25(37)39/h9-10,13-14,20-21H,5-8,11-12,15-17H2,1-4H3,(H2,32,33,34,35)/t20-,21+. The molecular formula is C28H38F3N7O. The Balaban J connectivity index is 1.27. The number of hydrogen-bond acceptors (Lipinski definition) is 7. The average molecular weight is 546 g/mol. The maximum atomic E-state index is 13.7. The quantitative estimate of drug-likeness (QED) is 0.348. The van der Waals surface area contributed by atoms with Gasteiger partial charge in [0, 0.05) is 62.4 Å². The predicted molar refractivity (Wildman–Crippen MR) is 146 cm³/mol. The van der Waals surface area contributed by atoms with E-state index in [0.717, 1.165) is 37.0 Å². The lowest BCUT2D eigenvalue weighted by Crippen LogP contribution is -2.58. The highest BCUT2D eigenvalue weighted by Crippen LogP contribution is 2.36. The van der Waals surface area contributed by atoms with Crippen LogP contribution in [0.15, 0.2) is 24.4 Å². The number of hydrogen-bond donors (Lipinski definition) is 2. The van der Waals surface area contributed by atoms with Gasteiger partial charge in [-0.3, -0.25) is 9.69 Å². The average Bonchev–Trinajstić information content (AvgIpc) is 3.09. The van der Waals surface area contributed by atoms with E-state index in [1.54, 1.807) is 4.90 Å². The zero-order valence-electron chi connectivity index (χ0n) is 23.1. The van der Waals surface area contributed by atoms with Crippen molar-refractivity contribution in [3.05, 3.63) is 35.5 Å². The molecule has 8 nitrogen and oxygen atoms in total. The molecule has 2 atom stereocenters. The number of nitrogens with one attached hydrogen (secondary N) is 2. The molecule has 4 heterocycles. The second-order valence-electron chi connectivity index (χ2n) is 11.6. The second kappa shape index (κ2) is 10.5. The van der Waals surface area contributed by atoms with Crippen LogP contribution in [-0.4, -0.2) is 77.5 Å². The molecule has 11 heteroatoms. The number of likely N-dealkylation sites (tertiary alicyclic amines) is 1. The molecule has 1 aromatic carbocycles. The molecule has 1 amide bonds. The lowest BCUT2D eigenvalue weighted by atomic mass is 9.83. The zero-order valence-corrected chi connectivity index (χ0v) is 23.1. The summed E-state index contributed by atoms with van der Waals surface area (Å²) in [6, 6.07) is 7.35. The van der Waals surface area contributed by atoms with E-state index in [-0.39, 0.29) is 29.6 Å². The molecule has 1 aromatic heterocycles. The van der Waals surface area contributed by atoms with Crippen LogP contribution in [0.3, 0.4) is 0 Å². The molecule has 3 aliphatic heterocycles. The molecule has 2 bridgehead atoms. The van der Waals surface area contributed by atoms with Crippen molar-refractivity contribution in [3.63, 3.8) is 0 Å². The summed E-state index contributed by atoms with van der Waals surface area (Å²) in [5.74, 6) is -0.0900. The number of benzene rings is 1. The van der Waals surface area contributed by atoms with E-state index in [0.29, 0.717) is 31.6 Å². The smallest absolute Gasteiger partial charge is 0.369 e. The Hall–Kier alpha value is -3.08. The van der Waals surface area contributed by atoms with E-state index < -0.39 is 11.7 Å². The summed E-state index contributed by atoms with van der Waals surface area (Å²) in [4.78, 5) is 26.9. The lowest BCUT2D eigenvalue weighted by Gasteiger charge is -2.44. The van der Waals surface area contributed by atoms with E-state index in [1.807, 2.05) is 19.9 Å². The molecule has 0 aliphatic carbocycles. The Morgan fingerprint density at radius 1 is 1.15 bits per heavy atom. The molecule has 212 valence electrons. The number of aromatic nitrogens is 2. The zero-order chi connectivity index (χ0) is 27.9. The molecule has 39 heavy (non-hydrogen) atoms. The van der Waals surface area contributed by atoms with Crippen molar-refractivity contribution in [3.8, 4) is 0 Å². The van der Waals surface area contributed by atoms with Crippen molar-refractivity contribution in [1.82, 2.24) is 19.8 Å². The Kier molecular flexibility index (Phi) is 7.39. The summed E-state index contributed by atoms with van der Waals surface area (Å²) in [6.07, 6.45) is -0.0340. The number of carbonyl (C=O) groups excluding carboxylic acids is 1. The van der Waals surface area contributed by atoms with Gasteiger partial charge in [-0.2, -0.15) is 18.2 Å². The fourth-order valence-electron chi connectivity index (χ4n) is 6.03. The number of fused-ring (bicyclic) bond motifs is 2. The number of aryl methyl sites for hydroxylation is 1. The number of carbonyl (C=O) groups is 1.